The van der Waals surface area contributed by atoms with E-state index >= 15 is 0 Å². The molecule has 1 aromatic rings. The van der Waals surface area contributed by atoms with Crippen LogP contribution in [-0.4, -0.2) is 27.5 Å². The number of hydrogen-bond acceptors (Lipinski definition) is 4. The van der Waals surface area contributed by atoms with Gasteiger partial charge < -0.3 is 9.84 Å². The molecule has 0 bridgehead atoms. The fourth-order valence-electron chi connectivity index (χ4n) is 0.944. The van der Waals surface area contributed by atoms with E-state index in [1.807, 2.05) is 6.92 Å². The number of aromatic nitrogens is 2. The molecule has 1 heterocycles. The van der Waals surface area contributed by atoms with Crippen LogP contribution in [0.1, 0.15) is 24.3 Å². The van der Waals surface area contributed by atoms with Gasteiger partial charge in [0.25, 0.3) is 0 Å². The predicted molar refractivity (Wildman–Crippen MR) is 45.5 cm³/mol. The van der Waals surface area contributed by atoms with Crippen LogP contribution in [0.4, 0.5) is 0 Å². The van der Waals surface area contributed by atoms with Gasteiger partial charge in [0, 0.05) is 12.6 Å². The molecule has 1 aromatic heterocycles. The van der Waals surface area contributed by atoms with Gasteiger partial charge in [-0.15, -0.1) is 0 Å². The molecule has 72 valence electrons. The molecule has 0 aliphatic rings. The zero-order chi connectivity index (χ0) is 9.84. The average Bonchev–Trinajstić information content (AvgIpc) is 2.47. The molecule has 1 rings (SSSR count). The quantitative estimate of drug-likeness (QED) is 0.705. The molecule has 0 radical (unpaired) electrons. The van der Waals surface area contributed by atoms with Crippen LogP contribution < -0.4 is 0 Å². The van der Waals surface area contributed by atoms with Crippen molar-refractivity contribution in [2.45, 2.75) is 20.4 Å². The maximum atomic E-state index is 11.1. The molecule has 1 N–H and O–H groups in total. The highest BCUT2D eigenvalue weighted by Crippen LogP contribution is 2.11. The van der Waals surface area contributed by atoms with E-state index in [9.17, 15) is 9.90 Å². The number of esters is 1. The highest BCUT2D eigenvalue weighted by molar-refractivity contribution is 5.87. The molecule has 0 fully saturated rings. The number of carbonyl (C=O) groups is 1. The molecule has 0 amide bonds. The van der Waals surface area contributed by atoms with E-state index in [2.05, 4.69) is 5.10 Å². The first-order valence-electron chi connectivity index (χ1n) is 4.13. The van der Waals surface area contributed by atoms with E-state index < -0.39 is 5.97 Å². The number of ether oxygens (including phenoxy) is 1. The zero-order valence-electron chi connectivity index (χ0n) is 7.65. The maximum absolute atomic E-state index is 11.1. The second kappa shape index (κ2) is 3.93. The molecular weight excluding hydrogens is 172 g/mol. The SMILES string of the molecule is CCOC(=O)c1cc(O)n(CC)n1. The van der Waals surface area contributed by atoms with Crippen molar-refractivity contribution in [1.82, 2.24) is 9.78 Å². The van der Waals surface area contributed by atoms with E-state index in [4.69, 9.17) is 4.74 Å². The molecular formula is C8H12N2O3. The molecule has 0 spiro atoms. The normalized spacial score (nSPS) is 10.0. The van der Waals surface area contributed by atoms with Crippen LogP contribution in [0.5, 0.6) is 5.88 Å². The Bertz CT molecular complexity index is 306. The summed E-state index contributed by atoms with van der Waals surface area (Å²) in [6.45, 7) is 4.36. The third-order valence-corrected chi connectivity index (χ3v) is 1.54. The van der Waals surface area contributed by atoms with E-state index in [0.29, 0.717) is 13.2 Å². The minimum absolute atomic E-state index is 0.0226. The van der Waals surface area contributed by atoms with Crippen LogP contribution in [0.3, 0.4) is 0 Å². The lowest BCUT2D eigenvalue weighted by molar-refractivity contribution is 0.0518. The van der Waals surface area contributed by atoms with Crippen molar-refractivity contribution in [3.05, 3.63) is 11.8 Å². The third-order valence-electron chi connectivity index (χ3n) is 1.54. The Morgan fingerprint density at radius 1 is 1.69 bits per heavy atom. The average molecular weight is 184 g/mol. The number of nitrogens with zero attached hydrogens (tertiary/aromatic N) is 2. The fraction of sp³-hybridized carbons (Fsp3) is 0.500. The second-order valence-electron chi connectivity index (χ2n) is 2.42. The van der Waals surface area contributed by atoms with Crippen LogP contribution >= 0.6 is 0 Å². The Morgan fingerprint density at radius 2 is 2.38 bits per heavy atom. The van der Waals surface area contributed by atoms with Crippen LogP contribution in [0.15, 0.2) is 6.07 Å². The Kier molecular flexibility index (Phi) is 2.89. The van der Waals surface area contributed by atoms with Gasteiger partial charge >= 0.3 is 5.97 Å². The Labute approximate surface area is 75.9 Å². The summed E-state index contributed by atoms with van der Waals surface area (Å²) in [6, 6.07) is 1.29. The molecule has 5 heteroatoms. The van der Waals surface area contributed by atoms with Gasteiger partial charge in [-0.25, -0.2) is 9.48 Å². The largest absolute Gasteiger partial charge is 0.493 e. The van der Waals surface area contributed by atoms with Crippen LogP contribution in [0.25, 0.3) is 0 Å². The third kappa shape index (κ3) is 1.99. The highest BCUT2D eigenvalue weighted by atomic mass is 16.5. The predicted octanol–water partition coefficient (Wildman–Crippen LogP) is 0.785. The molecule has 0 aromatic carbocycles. The maximum Gasteiger partial charge on any atom is 0.358 e. The zero-order valence-corrected chi connectivity index (χ0v) is 7.65. The van der Waals surface area contributed by atoms with Crippen LogP contribution in [0.2, 0.25) is 0 Å². The molecule has 0 saturated heterocycles. The summed E-state index contributed by atoms with van der Waals surface area (Å²) >= 11 is 0. The van der Waals surface area contributed by atoms with Crippen molar-refractivity contribution in [2.75, 3.05) is 6.61 Å². The summed E-state index contributed by atoms with van der Waals surface area (Å²) in [5, 5.41) is 13.1. The topological polar surface area (TPSA) is 64.3 Å². The summed E-state index contributed by atoms with van der Waals surface area (Å²) < 4.78 is 6.04. The van der Waals surface area contributed by atoms with E-state index in [-0.39, 0.29) is 11.6 Å². The van der Waals surface area contributed by atoms with E-state index in [1.54, 1.807) is 6.92 Å². The monoisotopic (exact) mass is 184 g/mol. The lowest BCUT2D eigenvalue weighted by atomic mass is 10.4. The summed E-state index contributed by atoms with van der Waals surface area (Å²) in [6.07, 6.45) is 0. The minimum Gasteiger partial charge on any atom is -0.493 e. The summed E-state index contributed by atoms with van der Waals surface area (Å²) in [5.74, 6) is -0.532. The van der Waals surface area contributed by atoms with Gasteiger partial charge in [0.15, 0.2) is 5.69 Å². The molecule has 0 aliphatic heterocycles. The van der Waals surface area contributed by atoms with Gasteiger partial charge in [-0.3, -0.25) is 0 Å². The van der Waals surface area contributed by atoms with Crippen molar-refractivity contribution >= 4 is 5.97 Å². The Morgan fingerprint density at radius 3 is 2.85 bits per heavy atom. The van der Waals surface area contributed by atoms with Gasteiger partial charge in [-0.1, -0.05) is 0 Å². The standard InChI is InChI=1S/C8H12N2O3/c1-3-10-7(11)5-6(9-10)8(12)13-4-2/h5,11H,3-4H2,1-2H3. The summed E-state index contributed by atoms with van der Waals surface area (Å²) in [4.78, 5) is 11.1. The fourth-order valence-corrected chi connectivity index (χ4v) is 0.944. The van der Waals surface area contributed by atoms with Crippen molar-refractivity contribution in [3.63, 3.8) is 0 Å². The highest BCUT2D eigenvalue weighted by Gasteiger charge is 2.13. The number of aryl methyl sites for hydroxylation is 1. The number of carbonyl (C=O) groups excluding carboxylic acids is 1. The van der Waals surface area contributed by atoms with E-state index in [0.717, 1.165) is 0 Å². The Hall–Kier alpha value is -1.52. The van der Waals surface area contributed by atoms with Gasteiger partial charge in [0.1, 0.15) is 0 Å². The summed E-state index contributed by atoms with van der Waals surface area (Å²) in [5.41, 5.74) is 0.140. The van der Waals surface area contributed by atoms with E-state index in [1.165, 1.54) is 10.7 Å². The van der Waals surface area contributed by atoms with Crippen molar-refractivity contribution in [3.8, 4) is 5.88 Å². The molecule has 0 atom stereocenters. The molecule has 0 saturated carbocycles. The van der Waals surface area contributed by atoms with Crippen LogP contribution in [-0.2, 0) is 11.3 Å². The van der Waals surface area contributed by atoms with Gasteiger partial charge in [0.05, 0.1) is 6.61 Å². The molecule has 0 unspecified atom stereocenters. The van der Waals surface area contributed by atoms with Gasteiger partial charge in [-0.05, 0) is 13.8 Å². The van der Waals surface area contributed by atoms with Crippen molar-refractivity contribution in [1.29, 1.82) is 0 Å². The summed E-state index contributed by atoms with van der Waals surface area (Å²) in [7, 11) is 0. The lowest BCUT2D eigenvalue weighted by Crippen LogP contribution is -2.06. The molecule has 0 aliphatic carbocycles. The first-order valence-corrected chi connectivity index (χ1v) is 4.13. The minimum atomic E-state index is -0.509. The smallest absolute Gasteiger partial charge is 0.358 e. The molecule has 13 heavy (non-hydrogen) atoms. The number of hydrogen-bond donors (Lipinski definition) is 1. The lowest BCUT2D eigenvalue weighted by Gasteiger charge is -1.96. The first kappa shape index (κ1) is 9.57. The van der Waals surface area contributed by atoms with Crippen molar-refractivity contribution < 1.29 is 14.6 Å². The van der Waals surface area contributed by atoms with Crippen molar-refractivity contribution in [2.24, 2.45) is 0 Å². The van der Waals surface area contributed by atoms with Gasteiger partial charge in [0.2, 0.25) is 5.88 Å². The Balaban J connectivity index is 2.84. The first-order chi connectivity index (χ1) is 6.19. The number of aromatic hydroxyl groups is 1. The molecule has 5 nitrogen and oxygen atoms in total. The van der Waals surface area contributed by atoms with Gasteiger partial charge in [-0.2, -0.15) is 5.10 Å². The number of rotatable bonds is 3. The van der Waals surface area contributed by atoms with Crippen LogP contribution in [0, 0.1) is 0 Å². The second-order valence-corrected chi connectivity index (χ2v) is 2.42.